The number of amides is 2. The van der Waals surface area contributed by atoms with Gasteiger partial charge in [0, 0.05) is 12.1 Å². The number of urea groups is 1. The van der Waals surface area contributed by atoms with Crippen molar-refractivity contribution in [2.24, 2.45) is 0 Å². The Labute approximate surface area is 146 Å². The van der Waals surface area contributed by atoms with Gasteiger partial charge in [-0.15, -0.1) is 0 Å². The molecular weight excluding hydrogens is 356 g/mol. The van der Waals surface area contributed by atoms with Crippen LogP contribution in [0.25, 0.3) is 0 Å². The fraction of sp³-hybridized carbons (Fsp3) is 0.235. The minimum absolute atomic E-state index is 0.0594. The van der Waals surface area contributed by atoms with Crippen molar-refractivity contribution < 1.29 is 31.8 Å². The van der Waals surface area contributed by atoms with Gasteiger partial charge in [0.25, 0.3) is 0 Å². The van der Waals surface area contributed by atoms with E-state index in [1.165, 1.54) is 12.1 Å². The molecule has 0 aromatic heterocycles. The summed E-state index contributed by atoms with van der Waals surface area (Å²) in [5, 5.41) is 4.97. The SMILES string of the molecule is O=C(NCCOc1ccc(F)c(F)c1)NCCOc1ccc(F)c(F)c1. The van der Waals surface area contributed by atoms with Crippen LogP contribution in [0.15, 0.2) is 36.4 Å². The number of carbonyl (C=O) groups excluding carboxylic acids is 1. The zero-order valence-corrected chi connectivity index (χ0v) is 13.5. The van der Waals surface area contributed by atoms with Crippen molar-refractivity contribution in [3.05, 3.63) is 59.7 Å². The van der Waals surface area contributed by atoms with Gasteiger partial charge in [-0.2, -0.15) is 0 Å². The van der Waals surface area contributed by atoms with Gasteiger partial charge in [0.05, 0.1) is 13.1 Å². The maximum absolute atomic E-state index is 13.0. The average molecular weight is 372 g/mol. The van der Waals surface area contributed by atoms with Crippen LogP contribution in [-0.2, 0) is 0 Å². The molecule has 0 fully saturated rings. The van der Waals surface area contributed by atoms with Crippen molar-refractivity contribution in [2.75, 3.05) is 26.3 Å². The van der Waals surface area contributed by atoms with E-state index in [0.29, 0.717) is 0 Å². The van der Waals surface area contributed by atoms with Crippen molar-refractivity contribution in [3.63, 3.8) is 0 Å². The topological polar surface area (TPSA) is 59.6 Å². The van der Waals surface area contributed by atoms with Gasteiger partial charge in [0.2, 0.25) is 0 Å². The Kier molecular flexibility index (Phi) is 7.07. The lowest BCUT2D eigenvalue weighted by Gasteiger charge is -2.10. The fourth-order valence-corrected chi connectivity index (χ4v) is 1.86. The lowest BCUT2D eigenvalue weighted by atomic mass is 10.3. The number of hydrogen-bond donors (Lipinski definition) is 2. The highest BCUT2D eigenvalue weighted by Gasteiger charge is 2.05. The summed E-state index contributed by atoms with van der Waals surface area (Å²) < 4.78 is 61.7. The van der Waals surface area contributed by atoms with Crippen LogP contribution in [0.4, 0.5) is 22.4 Å². The van der Waals surface area contributed by atoms with Crippen molar-refractivity contribution in [1.82, 2.24) is 10.6 Å². The van der Waals surface area contributed by atoms with E-state index in [2.05, 4.69) is 10.6 Å². The van der Waals surface area contributed by atoms with Crippen LogP contribution in [0.1, 0.15) is 0 Å². The summed E-state index contributed by atoms with van der Waals surface area (Å²) in [5.41, 5.74) is 0. The third-order valence-electron chi connectivity index (χ3n) is 3.09. The van der Waals surface area contributed by atoms with Crippen LogP contribution in [0.5, 0.6) is 11.5 Å². The maximum Gasteiger partial charge on any atom is 0.315 e. The number of carbonyl (C=O) groups is 1. The molecule has 2 aromatic carbocycles. The first-order chi connectivity index (χ1) is 12.5. The van der Waals surface area contributed by atoms with Crippen LogP contribution in [0.3, 0.4) is 0 Å². The molecule has 0 unspecified atom stereocenters. The molecule has 26 heavy (non-hydrogen) atoms. The summed E-state index contributed by atoms with van der Waals surface area (Å²) in [7, 11) is 0. The van der Waals surface area contributed by atoms with E-state index in [1.54, 1.807) is 0 Å². The van der Waals surface area contributed by atoms with Crippen LogP contribution < -0.4 is 20.1 Å². The van der Waals surface area contributed by atoms with Gasteiger partial charge < -0.3 is 20.1 Å². The summed E-state index contributed by atoms with van der Waals surface area (Å²) in [5.74, 6) is -3.69. The normalized spacial score (nSPS) is 10.3. The van der Waals surface area contributed by atoms with Gasteiger partial charge in [0.15, 0.2) is 23.3 Å². The number of nitrogens with one attached hydrogen (secondary N) is 2. The molecule has 0 spiro atoms. The Morgan fingerprint density at radius 3 is 1.54 bits per heavy atom. The summed E-state index contributed by atoms with van der Waals surface area (Å²) in [6.07, 6.45) is 0. The summed E-state index contributed by atoms with van der Waals surface area (Å²) >= 11 is 0. The van der Waals surface area contributed by atoms with E-state index in [4.69, 9.17) is 9.47 Å². The van der Waals surface area contributed by atoms with Crippen LogP contribution >= 0.6 is 0 Å². The van der Waals surface area contributed by atoms with E-state index in [1.807, 2.05) is 0 Å². The number of halogens is 4. The first-order valence-corrected chi connectivity index (χ1v) is 7.63. The van der Waals surface area contributed by atoms with Gasteiger partial charge in [-0.25, -0.2) is 22.4 Å². The molecule has 0 radical (unpaired) electrons. The van der Waals surface area contributed by atoms with E-state index >= 15 is 0 Å². The van der Waals surface area contributed by atoms with Gasteiger partial charge in [-0.05, 0) is 24.3 Å². The van der Waals surface area contributed by atoms with E-state index < -0.39 is 29.3 Å². The van der Waals surface area contributed by atoms with E-state index in [0.717, 1.165) is 24.3 Å². The quantitative estimate of drug-likeness (QED) is 0.553. The second-order valence-electron chi connectivity index (χ2n) is 5.03. The first-order valence-electron chi connectivity index (χ1n) is 7.63. The number of benzene rings is 2. The van der Waals surface area contributed by atoms with Gasteiger partial charge in [0.1, 0.15) is 24.7 Å². The molecule has 0 aliphatic heterocycles. The van der Waals surface area contributed by atoms with Crippen molar-refractivity contribution >= 4 is 6.03 Å². The van der Waals surface area contributed by atoms with E-state index in [9.17, 15) is 22.4 Å². The Bertz CT molecular complexity index is 697. The molecule has 2 N–H and O–H groups in total. The predicted molar refractivity (Wildman–Crippen MR) is 85.1 cm³/mol. The lowest BCUT2D eigenvalue weighted by Crippen LogP contribution is -2.39. The van der Waals surface area contributed by atoms with Crippen molar-refractivity contribution in [3.8, 4) is 11.5 Å². The van der Waals surface area contributed by atoms with Gasteiger partial charge in [-0.1, -0.05) is 0 Å². The monoisotopic (exact) mass is 372 g/mol. The summed E-state index contributed by atoms with van der Waals surface area (Å²) in [6.45, 7) is 0.386. The second-order valence-corrected chi connectivity index (χ2v) is 5.03. The summed E-state index contributed by atoms with van der Waals surface area (Å²) in [6, 6.07) is 5.75. The fourth-order valence-electron chi connectivity index (χ4n) is 1.86. The van der Waals surface area contributed by atoms with Crippen LogP contribution in [-0.4, -0.2) is 32.3 Å². The third kappa shape index (κ3) is 6.15. The number of ether oxygens (including phenoxy) is 2. The molecule has 2 rings (SSSR count). The number of hydrogen-bond acceptors (Lipinski definition) is 3. The van der Waals surface area contributed by atoms with E-state index in [-0.39, 0.29) is 37.8 Å². The highest BCUT2D eigenvalue weighted by Crippen LogP contribution is 2.15. The lowest BCUT2D eigenvalue weighted by molar-refractivity contribution is 0.232. The molecule has 0 atom stereocenters. The average Bonchev–Trinajstić information content (AvgIpc) is 2.61. The number of rotatable bonds is 8. The second kappa shape index (κ2) is 9.50. The third-order valence-corrected chi connectivity index (χ3v) is 3.09. The maximum atomic E-state index is 13.0. The molecule has 9 heteroatoms. The minimum atomic E-state index is -1.02. The molecular formula is C17H16F4N2O3. The highest BCUT2D eigenvalue weighted by molar-refractivity contribution is 5.73. The van der Waals surface area contributed by atoms with Gasteiger partial charge in [-0.3, -0.25) is 0 Å². The zero-order chi connectivity index (χ0) is 18.9. The van der Waals surface area contributed by atoms with Crippen LogP contribution in [0, 0.1) is 23.3 Å². The Hall–Kier alpha value is -2.97. The molecule has 0 aliphatic carbocycles. The first kappa shape index (κ1) is 19.4. The minimum Gasteiger partial charge on any atom is -0.492 e. The molecule has 0 aliphatic rings. The molecule has 2 aromatic rings. The van der Waals surface area contributed by atoms with Crippen molar-refractivity contribution in [2.45, 2.75) is 0 Å². The van der Waals surface area contributed by atoms with Crippen molar-refractivity contribution in [1.29, 1.82) is 0 Å². The molecule has 0 saturated heterocycles. The Balaban J connectivity index is 1.57. The zero-order valence-electron chi connectivity index (χ0n) is 13.5. The molecule has 5 nitrogen and oxygen atoms in total. The molecule has 0 bridgehead atoms. The smallest absolute Gasteiger partial charge is 0.315 e. The molecule has 2 amide bonds. The Morgan fingerprint density at radius 2 is 1.15 bits per heavy atom. The molecule has 0 heterocycles. The summed E-state index contributed by atoms with van der Waals surface area (Å²) in [4.78, 5) is 11.5. The largest absolute Gasteiger partial charge is 0.492 e. The Morgan fingerprint density at radius 1 is 0.731 bits per heavy atom. The van der Waals surface area contributed by atoms with Gasteiger partial charge >= 0.3 is 6.03 Å². The molecule has 0 saturated carbocycles. The van der Waals surface area contributed by atoms with Crippen LogP contribution in [0.2, 0.25) is 0 Å². The highest BCUT2D eigenvalue weighted by atomic mass is 19.2. The predicted octanol–water partition coefficient (Wildman–Crippen LogP) is 3.00. The molecule has 140 valence electrons. The standard InChI is InChI=1S/C17H16F4N2O3/c18-13-3-1-11(9-15(13)20)25-7-5-22-17(24)23-6-8-26-12-2-4-14(19)16(21)10-12/h1-4,9-10H,5-8H2,(H2,22,23,24).